The van der Waals surface area contributed by atoms with E-state index in [4.69, 9.17) is 0 Å². The number of rotatable bonds is 4. The number of thioether (sulfide) groups is 1. The maximum Gasteiger partial charge on any atom is 0.271 e. The van der Waals surface area contributed by atoms with E-state index in [1.807, 2.05) is 18.2 Å². The Labute approximate surface area is 143 Å². The Balaban J connectivity index is 2.22. The van der Waals surface area contributed by atoms with Crippen molar-refractivity contribution in [3.05, 3.63) is 71.0 Å². The van der Waals surface area contributed by atoms with Gasteiger partial charge in [0.15, 0.2) is 4.90 Å². The molecule has 0 spiro atoms. The summed E-state index contributed by atoms with van der Waals surface area (Å²) in [6, 6.07) is 17.0. The van der Waals surface area contributed by atoms with Crippen LogP contribution in [0.25, 0.3) is 11.4 Å². The standard InChI is InChI=1S/C17H14N2O3S2/c1-23-17-14(24(21,22)13-10-6-3-7-11-13)16(20)18-15(19-17)12-8-4-2-5-9-12/h2-11H,1H3,(H,18,19,20). The molecule has 0 saturated heterocycles. The maximum absolute atomic E-state index is 12.8. The molecular formula is C17H14N2O3S2. The fraction of sp³-hybridized carbons (Fsp3) is 0.0588. The zero-order chi connectivity index (χ0) is 17.2. The SMILES string of the molecule is CSc1nc(-c2ccccc2)[nH]c(=O)c1S(=O)(=O)c1ccccc1. The molecule has 0 atom stereocenters. The van der Waals surface area contributed by atoms with E-state index in [9.17, 15) is 13.2 Å². The van der Waals surface area contributed by atoms with Crippen LogP contribution in [-0.2, 0) is 9.84 Å². The van der Waals surface area contributed by atoms with Gasteiger partial charge in [0.25, 0.3) is 5.56 Å². The number of aromatic amines is 1. The van der Waals surface area contributed by atoms with Crippen LogP contribution in [0.2, 0.25) is 0 Å². The van der Waals surface area contributed by atoms with Crippen molar-refractivity contribution in [2.24, 2.45) is 0 Å². The number of benzene rings is 2. The Kier molecular flexibility index (Phi) is 4.55. The highest BCUT2D eigenvalue weighted by Crippen LogP contribution is 2.27. The lowest BCUT2D eigenvalue weighted by molar-refractivity contribution is 0.590. The van der Waals surface area contributed by atoms with Crippen LogP contribution in [0, 0.1) is 0 Å². The number of sulfone groups is 1. The third kappa shape index (κ3) is 3.00. The van der Waals surface area contributed by atoms with E-state index in [1.54, 1.807) is 36.6 Å². The second kappa shape index (κ2) is 6.62. The molecule has 0 aliphatic carbocycles. The van der Waals surface area contributed by atoms with E-state index < -0.39 is 15.4 Å². The Hall–Kier alpha value is -2.38. The molecule has 0 aliphatic heterocycles. The minimum absolute atomic E-state index is 0.0695. The average Bonchev–Trinajstić information content (AvgIpc) is 2.62. The van der Waals surface area contributed by atoms with Crippen LogP contribution < -0.4 is 5.56 Å². The van der Waals surface area contributed by atoms with Gasteiger partial charge in [0.05, 0.1) is 4.90 Å². The van der Waals surface area contributed by atoms with Gasteiger partial charge in [0, 0.05) is 5.56 Å². The molecule has 1 N–H and O–H groups in total. The van der Waals surface area contributed by atoms with Crippen molar-refractivity contribution < 1.29 is 8.42 Å². The summed E-state index contributed by atoms with van der Waals surface area (Å²) in [6.45, 7) is 0. The second-order valence-electron chi connectivity index (χ2n) is 4.94. The molecule has 0 aliphatic rings. The zero-order valence-electron chi connectivity index (χ0n) is 12.8. The monoisotopic (exact) mass is 358 g/mol. The summed E-state index contributed by atoms with van der Waals surface area (Å²) >= 11 is 1.13. The number of nitrogens with zero attached hydrogens (tertiary/aromatic N) is 1. The molecule has 24 heavy (non-hydrogen) atoms. The highest BCUT2D eigenvalue weighted by Gasteiger charge is 2.26. The van der Waals surface area contributed by atoms with E-state index in [1.165, 1.54) is 12.1 Å². The molecule has 2 aromatic carbocycles. The summed E-state index contributed by atoms with van der Waals surface area (Å²) in [6.07, 6.45) is 1.70. The molecule has 0 unspecified atom stereocenters. The van der Waals surface area contributed by atoms with Gasteiger partial charge in [-0.1, -0.05) is 48.5 Å². The Morgan fingerprint density at radius 3 is 2.12 bits per heavy atom. The Bertz CT molecular complexity index is 1010. The summed E-state index contributed by atoms with van der Waals surface area (Å²) in [5.41, 5.74) is 0.0469. The third-order valence-electron chi connectivity index (χ3n) is 3.41. The molecule has 5 nitrogen and oxygen atoms in total. The van der Waals surface area contributed by atoms with Crippen molar-refractivity contribution in [1.82, 2.24) is 9.97 Å². The van der Waals surface area contributed by atoms with Crippen molar-refractivity contribution in [3.8, 4) is 11.4 Å². The lowest BCUT2D eigenvalue weighted by Gasteiger charge is -2.09. The van der Waals surface area contributed by atoms with Crippen LogP contribution in [0.1, 0.15) is 0 Å². The first-order valence-corrected chi connectivity index (χ1v) is 9.78. The van der Waals surface area contributed by atoms with E-state index in [2.05, 4.69) is 9.97 Å². The maximum atomic E-state index is 12.8. The van der Waals surface area contributed by atoms with Gasteiger partial charge in [-0.15, -0.1) is 11.8 Å². The molecular weight excluding hydrogens is 344 g/mol. The summed E-state index contributed by atoms with van der Waals surface area (Å²) in [5.74, 6) is 0.344. The molecule has 3 rings (SSSR count). The largest absolute Gasteiger partial charge is 0.305 e. The van der Waals surface area contributed by atoms with Crippen LogP contribution in [-0.4, -0.2) is 24.6 Å². The van der Waals surface area contributed by atoms with E-state index in [0.29, 0.717) is 11.4 Å². The highest BCUT2D eigenvalue weighted by atomic mass is 32.2. The molecule has 122 valence electrons. The van der Waals surface area contributed by atoms with Crippen LogP contribution in [0.5, 0.6) is 0 Å². The van der Waals surface area contributed by atoms with E-state index in [0.717, 1.165) is 11.8 Å². The number of H-pyrrole nitrogens is 1. The van der Waals surface area contributed by atoms with Gasteiger partial charge in [0.2, 0.25) is 9.84 Å². The summed E-state index contributed by atoms with van der Waals surface area (Å²) in [7, 11) is -3.94. The Morgan fingerprint density at radius 2 is 1.54 bits per heavy atom. The van der Waals surface area contributed by atoms with Gasteiger partial charge in [-0.2, -0.15) is 0 Å². The number of aromatic nitrogens is 2. The van der Waals surface area contributed by atoms with Gasteiger partial charge in [-0.25, -0.2) is 13.4 Å². The highest BCUT2D eigenvalue weighted by molar-refractivity contribution is 7.99. The fourth-order valence-electron chi connectivity index (χ4n) is 2.27. The van der Waals surface area contributed by atoms with Gasteiger partial charge in [-0.05, 0) is 18.4 Å². The summed E-state index contributed by atoms with van der Waals surface area (Å²) < 4.78 is 25.6. The first kappa shape index (κ1) is 16.5. The molecule has 1 heterocycles. The quantitative estimate of drug-likeness (QED) is 0.573. The molecule has 3 aromatic rings. The molecule has 1 aromatic heterocycles. The molecule has 0 bridgehead atoms. The molecule has 0 fully saturated rings. The van der Waals surface area contributed by atoms with Crippen LogP contribution in [0.3, 0.4) is 0 Å². The molecule has 7 heteroatoms. The predicted molar refractivity (Wildman–Crippen MR) is 94.0 cm³/mol. The number of nitrogens with one attached hydrogen (secondary N) is 1. The topological polar surface area (TPSA) is 79.9 Å². The van der Waals surface area contributed by atoms with Crippen molar-refractivity contribution >= 4 is 21.6 Å². The number of hydrogen-bond donors (Lipinski definition) is 1. The van der Waals surface area contributed by atoms with Gasteiger partial charge >= 0.3 is 0 Å². The van der Waals surface area contributed by atoms with Crippen molar-refractivity contribution in [3.63, 3.8) is 0 Å². The lowest BCUT2D eigenvalue weighted by atomic mass is 10.2. The van der Waals surface area contributed by atoms with Crippen molar-refractivity contribution in [1.29, 1.82) is 0 Å². The zero-order valence-corrected chi connectivity index (χ0v) is 14.4. The molecule has 0 saturated carbocycles. The average molecular weight is 358 g/mol. The third-order valence-corrected chi connectivity index (χ3v) is 6.03. The van der Waals surface area contributed by atoms with Gasteiger partial charge in [0.1, 0.15) is 10.9 Å². The van der Waals surface area contributed by atoms with Crippen molar-refractivity contribution in [2.75, 3.05) is 6.26 Å². The van der Waals surface area contributed by atoms with Crippen LogP contribution in [0.15, 0.2) is 80.3 Å². The first-order valence-electron chi connectivity index (χ1n) is 7.08. The molecule has 0 radical (unpaired) electrons. The van der Waals surface area contributed by atoms with Crippen LogP contribution in [0.4, 0.5) is 0 Å². The normalized spacial score (nSPS) is 11.4. The van der Waals surface area contributed by atoms with Crippen LogP contribution >= 0.6 is 11.8 Å². The van der Waals surface area contributed by atoms with Crippen molar-refractivity contribution in [2.45, 2.75) is 14.8 Å². The van der Waals surface area contributed by atoms with E-state index >= 15 is 0 Å². The minimum Gasteiger partial charge on any atom is -0.305 e. The van der Waals surface area contributed by atoms with Gasteiger partial charge in [-0.3, -0.25) is 4.79 Å². The second-order valence-corrected chi connectivity index (χ2v) is 7.62. The summed E-state index contributed by atoms with van der Waals surface area (Å²) in [4.78, 5) is 19.2. The first-order chi connectivity index (χ1) is 11.5. The number of hydrogen-bond acceptors (Lipinski definition) is 5. The summed E-state index contributed by atoms with van der Waals surface area (Å²) in [5, 5.41) is 0.182. The smallest absolute Gasteiger partial charge is 0.271 e. The Morgan fingerprint density at radius 1 is 0.958 bits per heavy atom. The molecule has 0 amide bonds. The lowest BCUT2D eigenvalue weighted by Crippen LogP contribution is -2.21. The predicted octanol–water partition coefficient (Wildman–Crippen LogP) is 2.99. The van der Waals surface area contributed by atoms with Gasteiger partial charge < -0.3 is 4.98 Å². The van der Waals surface area contributed by atoms with E-state index in [-0.39, 0.29) is 14.8 Å². The minimum atomic E-state index is -3.94. The fourth-order valence-corrected chi connectivity index (χ4v) is 4.63.